The van der Waals surface area contributed by atoms with Crippen molar-refractivity contribution in [3.05, 3.63) is 212 Å². The smallest absolute Gasteiger partial charge is 0.0893 e. The highest BCUT2D eigenvalue weighted by Gasteiger charge is 2.18. The lowest BCUT2D eigenvalue weighted by molar-refractivity contribution is 1.21. The number of nitrogens with zero attached hydrogens (tertiary/aromatic N) is 6. The van der Waals surface area contributed by atoms with E-state index in [9.17, 15) is 0 Å². The minimum absolute atomic E-state index is 0.814. The molecule has 11 rings (SSSR count). The molecule has 0 aliphatic carbocycles. The predicted octanol–water partition coefficient (Wildman–Crippen LogP) is 6.04. The van der Waals surface area contributed by atoms with Gasteiger partial charge in [-0.3, -0.25) is 0 Å². The summed E-state index contributed by atoms with van der Waals surface area (Å²) in [5.41, 5.74) is 14.0. The molecule has 0 atom stereocenters. The Labute approximate surface area is 320 Å². The molecule has 0 saturated heterocycles. The molecule has 0 unspecified atom stereocenters. The fourth-order valence-corrected chi connectivity index (χ4v) is 7.49. The third-order valence-corrected chi connectivity index (χ3v) is 10.1. The van der Waals surface area contributed by atoms with Gasteiger partial charge in [0.05, 0.1) is 68.4 Å². The Kier molecular flexibility index (Phi) is 7.31. The summed E-state index contributed by atoms with van der Waals surface area (Å²) < 4.78 is 0. The molecule has 16 bridgehead atoms. The van der Waals surface area contributed by atoms with Crippen LogP contribution in [0.5, 0.6) is 0 Å². The van der Waals surface area contributed by atoms with Gasteiger partial charge >= 0.3 is 0 Å². The second kappa shape index (κ2) is 12.9. The molecule has 6 aromatic heterocycles. The number of rotatable bonds is 2. The number of pyridine rings is 4. The molecule has 7 aromatic rings. The molecule has 0 spiro atoms. The summed E-state index contributed by atoms with van der Waals surface area (Å²) >= 11 is 0. The average Bonchev–Trinajstić information content (AvgIpc) is 4.06. The highest BCUT2D eigenvalue weighted by molar-refractivity contribution is 6.31. The molecule has 2 N–H and O–H groups in total. The highest BCUT2D eigenvalue weighted by atomic mass is 14.8. The maximum atomic E-state index is 5.11. The van der Waals surface area contributed by atoms with Crippen LogP contribution < -0.4 is 21.4 Å². The Morgan fingerprint density at radius 2 is 0.714 bits per heavy atom. The molecule has 0 saturated carbocycles. The second-order valence-corrected chi connectivity index (χ2v) is 13.9. The molecule has 1 aromatic carbocycles. The number of allylic oxidation sites excluding steroid dienone is 4. The minimum Gasteiger partial charge on any atom is -0.355 e. The first kappa shape index (κ1) is 31.7. The fraction of sp³-hybridized carbons (Fsp3) is 0. The molecule has 8 nitrogen and oxygen atoms in total. The lowest BCUT2D eigenvalue weighted by Crippen LogP contribution is -2.18. The quantitative estimate of drug-likeness (QED) is 0.227. The summed E-state index contributed by atoms with van der Waals surface area (Å²) in [7, 11) is 0. The van der Waals surface area contributed by atoms with Crippen molar-refractivity contribution in [1.29, 1.82) is 0 Å². The maximum Gasteiger partial charge on any atom is 0.0893 e. The molecular formula is C48H30N8. The molecule has 8 heteroatoms. The Morgan fingerprint density at radius 1 is 0.339 bits per heavy atom. The first-order valence-electron chi connectivity index (χ1n) is 18.4. The van der Waals surface area contributed by atoms with E-state index < -0.39 is 0 Å². The minimum atomic E-state index is 0.814. The first-order chi connectivity index (χ1) is 27.6. The van der Waals surface area contributed by atoms with Crippen LogP contribution >= 0.6 is 0 Å². The van der Waals surface area contributed by atoms with Crippen molar-refractivity contribution in [2.75, 3.05) is 0 Å². The number of fused-ring (bicyclic) bond motifs is 16. The van der Waals surface area contributed by atoms with Crippen LogP contribution in [0.25, 0.3) is 58.2 Å². The highest BCUT2D eigenvalue weighted by Crippen LogP contribution is 2.27. The largest absolute Gasteiger partial charge is 0.355 e. The van der Waals surface area contributed by atoms with Gasteiger partial charge in [0.2, 0.25) is 0 Å². The third kappa shape index (κ3) is 5.91. The van der Waals surface area contributed by atoms with Gasteiger partial charge in [0.25, 0.3) is 0 Å². The number of H-pyrrole nitrogens is 2. The third-order valence-electron chi connectivity index (χ3n) is 10.1. The molecule has 10 heterocycles. The average molecular weight is 719 g/mol. The van der Waals surface area contributed by atoms with Crippen LogP contribution in [0.2, 0.25) is 0 Å². The van der Waals surface area contributed by atoms with Crippen LogP contribution in [-0.2, 0) is 0 Å². The number of aromatic nitrogens is 6. The Morgan fingerprint density at radius 3 is 1.11 bits per heavy atom. The summed E-state index contributed by atoms with van der Waals surface area (Å²) in [5.74, 6) is 0. The monoisotopic (exact) mass is 718 g/mol. The SMILES string of the molecule is C1=C/C2=C/c3cccc(n3)-c3cccc(n3)/C=c3/cc/c([nH]3)=C(\c3ccc(/C4=c5\cc/c([nH]5)=C/c5cccc(n5)-c5cccc(n5)/C=C5/C=CC4=N5)cc3)C1=N2. The van der Waals surface area contributed by atoms with Gasteiger partial charge in [0.1, 0.15) is 0 Å². The maximum absolute atomic E-state index is 5.11. The van der Waals surface area contributed by atoms with E-state index in [0.29, 0.717) is 0 Å². The normalized spacial score (nSPS) is 19.9. The summed E-state index contributed by atoms with van der Waals surface area (Å²) in [4.78, 5) is 37.1. The number of aliphatic imine (C=N–C) groups is 2. The second-order valence-electron chi connectivity index (χ2n) is 13.9. The van der Waals surface area contributed by atoms with Crippen molar-refractivity contribution in [2.45, 2.75) is 0 Å². The van der Waals surface area contributed by atoms with Gasteiger partial charge in [-0.05, 0) is 133 Å². The van der Waals surface area contributed by atoms with Crippen LogP contribution in [0, 0.1) is 0 Å². The van der Waals surface area contributed by atoms with E-state index in [1.54, 1.807) is 0 Å². The van der Waals surface area contributed by atoms with Crippen LogP contribution in [0.15, 0.2) is 167 Å². The Bertz CT molecular complexity index is 3020. The summed E-state index contributed by atoms with van der Waals surface area (Å²) in [6.45, 7) is 0. The Balaban J connectivity index is 1.07. The van der Waals surface area contributed by atoms with Crippen molar-refractivity contribution in [3.63, 3.8) is 0 Å². The van der Waals surface area contributed by atoms with Crippen LogP contribution in [-0.4, -0.2) is 41.3 Å². The molecule has 0 amide bonds. The van der Waals surface area contributed by atoms with Gasteiger partial charge in [-0.1, -0.05) is 48.5 Å². The first-order valence-corrected chi connectivity index (χ1v) is 18.4. The van der Waals surface area contributed by atoms with Gasteiger partial charge < -0.3 is 9.97 Å². The summed E-state index contributed by atoms with van der Waals surface area (Å²) in [6, 6.07) is 41.0. The van der Waals surface area contributed by atoms with Crippen LogP contribution in [0.4, 0.5) is 0 Å². The number of nitrogens with one attached hydrogen (secondary N) is 2. The molecular weight excluding hydrogens is 689 g/mol. The molecule has 0 fully saturated rings. The van der Waals surface area contributed by atoms with Gasteiger partial charge in [-0.2, -0.15) is 0 Å². The fourth-order valence-electron chi connectivity index (χ4n) is 7.49. The molecule has 4 aliphatic heterocycles. The van der Waals surface area contributed by atoms with Gasteiger partial charge in [-0.25, -0.2) is 29.9 Å². The Hall–Kier alpha value is -7.84. The lowest BCUT2D eigenvalue weighted by Gasteiger charge is -2.10. The lowest BCUT2D eigenvalue weighted by atomic mass is 9.95. The number of benzene rings is 1. The standard InChI is InChI=1S/C48H30N8/c1-5-31-25-35-17-21-43(53-35)47(44-22-18-36(54-44)26-32-6-2-10-40(50-32)39(9-1)49-31)29-13-15-30(16-14-29)48-45-23-19-37(55-45)27-33-7-3-11-41(51-33)42-12-4-8-34(52-42)28-38-20-24-46(48)56-38/h1-28,53,55H/b35-25-,36-26-,37-27-,38-28-,47-43-,48-45-. The van der Waals surface area contributed by atoms with Gasteiger partial charge in [0.15, 0.2) is 0 Å². The van der Waals surface area contributed by atoms with Crippen molar-refractivity contribution in [3.8, 4) is 22.8 Å². The van der Waals surface area contributed by atoms with Crippen molar-refractivity contribution < 1.29 is 0 Å². The molecule has 0 radical (unpaired) electrons. The zero-order chi connectivity index (χ0) is 37.0. The van der Waals surface area contributed by atoms with Crippen molar-refractivity contribution in [2.24, 2.45) is 9.98 Å². The summed E-state index contributed by atoms with van der Waals surface area (Å²) in [6.07, 6.45) is 16.4. The van der Waals surface area contributed by atoms with Crippen LogP contribution in [0.1, 0.15) is 33.9 Å². The molecule has 262 valence electrons. The van der Waals surface area contributed by atoms with E-state index in [0.717, 1.165) is 112 Å². The van der Waals surface area contributed by atoms with Gasteiger partial charge in [0, 0.05) is 32.5 Å². The van der Waals surface area contributed by atoms with Crippen molar-refractivity contribution in [1.82, 2.24) is 29.9 Å². The van der Waals surface area contributed by atoms with E-state index >= 15 is 0 Å². The van der Waals surface area contributed by atoms with E-state index in [1.165, 1.54) is 0 Å². The number of hydrogen-bond donors (Lipinski definition) is 2. The van der Waals surface area contributed by atoms with Crippen LogP contribution in [0.3, 0.4) is 0 Å². The zero-order valence-electron chi connectivity index (χ0n) is 29.8. The molecule has 4 aliphatic rings. The van der Waals surface area contributed by atoms with E-state index in [1.807, 2.05) is 97.1 Å². The van der Waals surface area contributed by atoms with E-state index in [-0.39, 0.29) is 0 Å². The van der Waals surface area contributed by atoms with E-state index in [4.69, 9.17) is 29.9 Å². The predicted molar refractivity (Wildman–Crippen MR) is 223 cm³/mol. The number of aromatic amines is 2. The number of hydrogen-bond acceptors (Lipinski definition) is 6. The molecule has 56 heavy (non-hydrogen) atoms. The topological polar surface area (TPSA) is 108 Å². The van der Waals surface area contributed by atoms with E-state index in [2.05, 4.69) is 82.8 Å². The zero-order valence-corrected chi connectivity index (χ0v) is 29.8. The van der Waals surface area contributed by atoms with Gasteiger partial charge in [-0.15, -0.1) is 0 Å². The summed E-state index contributed by atoms with van der Waals surface area (Å²) in [5, 5.41) is 3.80. The van der Waals surface area contributed by atoms with Crippen molar-refractivity contribution >= 4 is 46.9 Å².